The van der Waals surface area contributed by atoms with Gasteiger partial charge in [0.25, 0.3) is 0 Å². The number of carbonyl (C=O) groups excluding carboxylic acids is 2. The fourth-order valence-corrected chi connectivity index (χ4v) is 2.35. The zero-order valence-corrected chi connectivity index (χ0v) is 14.7. The van der Waals surface area contributed by atoms with Crippen LogP contribution >= 0.6 is 0 Å². The van der Waals surface area contributed by atoms with Gasteiger partial charge in [-0.2, -0.15) is 9.59 Å². The van der Waals surface area contributed by atoms with Crippen molar-refractivity contribution in [2.75, 3.05) is 0 Å². The summed E-state index contributed by atoms with van der Waals surface area (Å²) in [4.78, 5) is 26.6. The second kappa shape index (κ2) is 22.9. The molecule has 0 atom stereocenters. The minimum absolute atomic E-state index is 0.250. The number of unbranched alkanes of at least 4 members (excludes halogenated alkanes) is 11. The standard InChI is InChI=1S/C18H34O2.CO2/c1-2-3-4-5-6-7-8-9-10-11-12-13-14-15-16-17-18(19)20;2-1-3/h9-10H,2-8,11-17H2,1H3,(H,19,20);/b10-9-;. The van der Waals surface area contributed by atoms with Gasteiger partial charge in [0.2, 0.25) is 0 Å². The Morgan fingerprint density at radius 2 is 1.17 bits per heavy atom. The van der Waals surface area contributed by atoms with Gasteiger partial charge in [0.1, 0.15) is 0 Å². The van der Waals surface area contributed by atoms with Crippen LogP contribution in [-0.4, -0.2) is 17.2 Å². The molecule has 0 heterocycles. The lowest BCUT2D eigenvalue weighted by Crippen LogP contribution is -1.93. The highest BCUT2D eigenvalue weighted by Gasteiger charge is 1.95. The maximum absolute atomic E-state index is 10.3. The van der Waals surface area contributed by atoms with Crippen LogP contribution in [-0.2, 0) is 14.4 Å². The van der Waals surface area contributed by atoms with Crippen LogP contribution in [0.1, 0.15) is 96.8 Å². The highest BCUT2D eigenvalue weighted by Crippen LogP contribution is 2.09. The first-order valence-corrected chi connectivity index (χ1v) is 9.05. The summed E-state index contributed by atoms with van der Waals surface area (Å²) in [6.07, 6.45) is 21.5. The van der Waals surface area contributed by atoms with Gasteiger partial charge >= 0.3 is 12.1 Å². The number of allylic oxidation sites excluding steroid dienone is 2. The van der Waals surface area contributed by atoms with E-state index in [4.69, 9.17) is 14.7 Å². The Balaban J connectivity index is 0. The molecule has 0 spiro atoms. The average molecular weight is 326 g/mol. The SMILES string of the molecule is CCCCCCCC/C=C\CCCCCCCC(=O)O.O=C=O. The Bertz CT molecular complexity index is 304. The first-order valence-electron chi connectivity index (χ1n) is 9.05. The summed E-state index contributed by atoms with van der Waals surface area (Å²) >= 11 is 0. The Hall–Kier alpha value is -1.41. The molecule has 0 saturated carbocycles. The summed E-state index contributed by atoms with van der Waals surface area (Å²) in [6, 6.07) is 0. The number of hydrogen-bond donors (Lipinski definition) is 1. The predicted octanol–water partition coefficient (Wildman–Crippen LogP) is 5.53. The lowest BCUT2D eigenvalue weighted by atomic mass is 10.1. The Morgan fingerprint density at radius 1 is 0.783 bits per heavy atom. The van der Waals surface area contributed by atoms with Gasteiger partial charge in [-0.3, -0.25) is 4.79 Å². The van der Waals surface area contributed by atoms with Crippen molar-refractivity contribution < 1.29 is 19.5 Å². The molecule has 0 amide bonds. The van der Waals surface area contributed by atoms with E-state index in [9.17, 15) is 4.79 Å². The second-order valence-corrected chi connectivity index (χ2v) is 5.81. The molecule has 1 N–H and O–H groups in total. The molecule has 0 aromatic carbocycles. The van der Waals surface area contributed by atoms with E-state index in [0.29, 0.717) is 6.42 Å². The number of hydrogen-bond acceptors (Lipinski definition) is 3. The lowest BCUT2D eigenvalue weighted by molar-refractivity contribution is -0.191. The third-order valence-electron chi connectivity index (χ3n) is 3.65. The number of aliphatic carboxylic acids is 1. The zero-order chi connectivity index (χ0) is 17.6. The molecule has 0 aliphatic heterocycles. The Labute approximate surface area is 141 Å². The summed E-state index contributed by atoms with van der Waals surface area (Å²) in [7, 11) is 0. The van der Waals surface area contributed by atoms with Gasteiger partial charge < -0.3 is 5.11 Å². The van der Waals surface area contributed by atoms with Crippen LogP contribution in [0.3, 0.4) is 0 Å². The van der Waals surface area contributed by atoms with Gasteiger partial charge in [-0.1, -0.05) is 70.4 Å². The van der Waals surface area contributed by atoms with Crippen molar-refractivity contribution in [3.05, 3.63) is 12.2 Å². The van der Waals surface area contributed by atoms with Gasteiger partial charge in [0.15, 0.2) is 0 Å². The highest BCUT2D eigenvalue weighted by molar-refractivity contribution is 5.66. The van der Waals surface area contributed by atoms with Crippen molar-refractivity contribution in [3.8, 4) is 0 Å². The Morgan fingerprint density at radius 3 is 1.61 bits per heavy atom. The van der Waals surface area contributed by atoms with Gasteiger partial charge in [0.05, 0.1) is 0 Å². The summed E-state index contributed by atoms with van der Waals surface area (Å²) < 4.78 is 0. The smallest absolute Gasteiger partial charge is 0.373 e. The number of rotatable bonds is 15. The third kappa shape index (κ3) is 29.3. The largest absolute Gasteiger partial charge is 0.481 e. The van der Waals surface area contributed by atoms with Crippen molar-refractivity contribution in [1.29, 1.82) is 0 Å². The van der Waals surface area contributed by atoms with E-state index in [0.717, 1.165) is 12.8 Å². The molecule has 0 aromatic heterocycles. The van der Waals surface area contributed by atoms with Gasteiger partial charge in [-0.15, -0.1) is 0 Å². The molecule has 0 radical (unpaired) electrons. The van der Waals surface area contributed by atoms with Crippen molar-refractivity contribution in [2.45, 2.75) is 96.8 Å². The van der Waals surface area contributed by atoms with Crippen molar-refractivity contribution in [3.63, 3.8) is 0 Å². The fourth-order valence-electron chi connectivity index (χ4n) is 2.35. The van der Waals surface area contributed by atoms with Crippen LogP contribution in [0.2, 0.25) is 0 Å². The number of carboxylic acids is 1. The Kier molecular flexibility index (Phi) is 23.7. The van der Waals surface area contributed by atoms with E-state index in [-0.39, 0.29) is 6.15 Å². The molecule has 0 rings (SSSR count). The minimum atomic E-state index is -0.664. The van der Waals surface area contributed by atoms with Crippen molar-refractivity contribution in [1.82, 2.24) is 0 Å². The van der Waals surface area contributed by atoms with E-state index in [2.05, 4.69) is 19.1 Å². The summed E-state index contributed by atoms with van der Waals surface area (Å²) in [6.45, 7) is 2.26. The van der Waals surface area contributed by atoms with E-state index >= 15 is 0 Å². The van der Waals surface area contributed by atoms with Crippen LogP contribution in [0.15, 0.2) is 12.2 Å². The normalized spacial score (nSPS) is 10.1. The lowest BCUT2D eigenvalue weighted by Gasteiger charge is -1.99. The molecular formula is C19H34O4. The zero-order valence-electron chi connectivity index (χ0n) is 14.7. The summed E-state index contributed by atoms with van der Waals surface area (Å²) in [5.41, 5.74) is 0. The topological polar surface area (TPSA) is 71.4 Å². The van der Waals surface area contributed by atoms with Gasteiger partial charge in [-0.25, -0.2) is 0 Å². The molecule has 23 heavy (non-hydrogen) atoms. The molecule has 0 fully saturated rings. The van der Waals surface area contributed by atoms with Crippen molar-refractivity contribution in [2.24, 2.45) is 0 Å². The van der Waals surface area contributed by atoms with E-state index in [1.165, 1.54) is 70.6 Å². The van der Waals surface area contributed by atoms with Crippen molar-refractivity contribution >= 4 is 12.1 Å². The first-order chi connectivity index (χ1) is 11.2. The first kappa shape index (κ1) is 23.9. The maximum Gasteiger partial charge on any atom is 0.373 e. The van der Waals surface area contributed by atoms with E-state index in [1.54, 1.807) is 0 Å². The van der Waals surface area contributed by atoms with E-state index < -0.39 is 5.97 Å². The molecule has 0 aliphatic carbocycles. The number of carboxylic acid groups (broad SMARTS) is 1. The molecule has 4 heteroatoms. The van der Waals surface area contributed by atoms with Gasteiger partial charge in [0, 0.05) is 6.42 Å². The predicted molar refractivity (Wildman–Crippen MR) is 92.1 cm³/mol. The van der Waals surface area contributed by atoms with Gasteiger partial charge in [-0.05, 0) is 32.1 Å². The molecule has 4 nitrogen and oxygen atoms in total. The van der Waals surface area contributed by atoms with Crippen LogP contribution in [0.5, 0.6) is 0 Å². The monoisotopic (exact) mass is 326 g/mol. The number of carbonyl (C=O) groups is 1. The summed E-state index contributed by atoms with van der Waals surface area (Å²) in [5, 5.41) is 8.51. The molecule has 134 valence electrons. The molecule has 0 saturated heterocycles. The second-order valence-electron chi connectivity index (χ2n) is 5.81. The highest BCUT2D eigenvalue weighted by atomic mass is 16.4. The van der Waals surface area contributed by atoms with Crippen LogP contribution in [0.4, 0.5) is 0 Å². The molecule has 0 bridgehead atoms. The van der Waals surface area contributed by atoms with Crippen LogP contribution in [0.25, 0.3) is 0 Å². The summed E-state index contributed by atoms with van der Waals surface area (Å²) in [5.74, 6) is -0.664. The fraction of sp³-hybridized carbons (Fsp3) is 0.789. The molecule has 0 aromatic rings. The van der Waals surface area contributed by atoms with Crippen LogP contribution in [0, 0.1) is 0 Å². The minimum Gasteiger partial charge on any atom is -0.481 e. The maximum atomic E-state index is 10.3. The average Bonchev–Trinajstić information content (AvgIpc) is 2.51. The van der Waals surface area contributed by atoms with E-state index in [1.807, 2.05) is 0 Å². The van der Waals surface area contributed by atoms with Crippen LogP contribution < -0.4 is 0 Å². The molecule has 0 unspecified atom stereocenters. The third-order valence-corrected chi connectivity index (χ3v) is 3.65. The molecular weight excluding hydrogens is 292 g/mol. The quantitative estimate of drug-likeness (QED) is 0.317. The molecule has 0 aliphatic rings.